The number of hydrogen-bond acceptors (Lipinski definition) is 2. The van der Waals surface area contributed by atoms with Gasteiger partial charge in [-0.1, -0.05) is 53.0 Å². The van der Waals surface area contributed by atoms with Crippen molar-refractivity contribution in [3.63, 3.8) is 0 Å². The average Bonchev–Trinajstić information content (AvgIpc) is 2.78. The first-order chi connectivity index (χ1) is 18.0. The lowest BCUT2D eigenvalue weighted by atomic mass is 9.95. The number of amides is 2. The van der Waals surface area contributed by atoms with E-state index in [-0.39, 0.29) is 20.6 Å². The van der Waals surface area contributed by atoms with Gasteiger partial charge in [-0.2, -0.15) is 39.5 Å². The van der Waals surface area contributed by atoms with Crippen molar-refractivity contribution in [3.05, 3.63) is 73.7 Å². The number of alkyl halides is 9. The Balaban J connectivity index is 2.39. The molecule has 16 heteroatoms. The topological polar surface area (TPSA) is 58.2 Å². The molecule has 0 saturated heterocycles. The van der Waals surface area contributed by atoms with Crippen LogP contribution in [0.3, 0.4) is 0 Å². The van der Waals surface area contributed by atoms with E-state index in [1.54, 1.807) is 0 Å². The van der Waals surface area contributed by atoms with Gasteiger partial charge in [0.2, 0.25) is 0 Å². The Morgan fingerprint density at radius 2 is 1.45 bits per heavy atom. The van der Waals surface area contributed by atoms with Crippen LogP contribution in [-0.2, 0) is 11.0 Å². The molecule has 1 atom stereocenters. The predicted molar refractivity (Wildman–Crippen MR) is 131 cm³/mol. The molecule has 0 spiro atoms. The Hall–Kier alpha value is -2.64. The third-order valence-corrected chi connectivity index (χ3v) is 6.39. The van der Waals surface area contributed by atoms with Crippen molar-refractivity contribution in [2.45, 2.75) is 43.8 Å². The molecule has 2 aromatic carbocycles. The lowest BCUT2D eigenvalue weighted by Gasteiger charge is -2.27. The van der Waals surface area contributed by atoms with E-state index in [1.165, 1.54) is 5.32 Å². The molecule has 0 saturated carbocycles. The highest BCUT2D eigenvalue weighted by atomic mass is 35.5. The summed E-state index contributed by atoms with van der Waals surface area (Å²) in [6.45, 7) is 1.52. The second kappa shape index (κ2) is 12.1. The van der Waals surface area contributed by atoms with E-state index in [0.717, 1.165) is 38.1 Å². The summed E-state index contributed by atoms with van der Waals surface area (Å²) in [6, 6.07) is 3.88. The molecule has 0 radical (unpaired) electrons. The van der Waals surface area contributed by atoms with Crippen LogP contribution < -0.4 is 10.6 Å². The number of benzene rings is 2. The van der Waals surface area contributed by atoms with E-state index < -0.39 is 65.0 Å². The first-order valence-electron chi connectivity index (χ1n) is 10.8. The van der Waals surface area contributed by atoms with E-state index in [4.69, 9.17) is 34.8 Å². The predicted octanol–water partition coefficient (Wildman–Crippen LogP) is 8.21. The molecule has 2 amide bonds. The maximum Gasteiger partial charge on any atom is 0.471 e. The number of carbonyl (C=O) groups excluding carboxylic acids is 2. The van der Waals surface area contributed by atoms with Crippen molar-refractivity contribution >= 4 is 52.7 Å². The number of rotatable bonds is 7. The van der Waals surface area contributed by atoms with Gasteiger partial charge < -0.3 is 10.6 Å². The second-order valence-electron chi connectivity index (χ2n) is 9.00. The minimum Gasteiger partial charge on any atom is -0.346 e. The second-order valence-corrected chi connectivity index (χ2v) is 10.2. The molecule has 0 aliphatic heterocycles. The molecule has 2 aromatic rings. The molecule has 1 unspecified atom stereocenters. The molecule has 0 aromatic heterocycles. The zero-order valence-electron chi connectivity index (χ0n) is 20.2. The SMILES string of the molecule is CC(C)(CNC(=O)C(F)(F)F)NC(=O)c1ccc(/C=C/C(c2cc(Cl)c(Cl)c(Cl)c2)C(F)(F)F)cc1C(F)(F)F. The highest BCUT2D eigenvalue weighted by Gasteiger charge is 2.41. The van der Waals surface area contributed by atoms with Crippen molar-refractivity contribution in [2.75, 3.05) is 6.54 Å². The standard InChI is InChI=1S/C24H18Cl3F9N2O2/c1-21(2,10-37-20(40)24(34,35)36)38-19(39)13-5-3-11(7-15(13)23(31,32)33)4-6-14(22(28,29)30)12-8-16(25)18(27)17(26)9-12/h3-9,14H,10H2,1-2H3,(H,37,40)(H,38,39)/b6-4+. The van der Waals surface area contributed by atoms with Gasteiger partial charge in [0, 0.05) is 6.54 Å². The third-order valence-electron chi connectivity index (χ3n) is 5.19. The highest BCUT2D eigenvalue weighted by Crippen LogP contribution is 2.41. The molecule has 0 bridgehead atoms. The van der Waals surface area contributed by atoms with Gasteiger partial charge in [-0.25, -0.2) is 0 Å². The Kier molecular flexibility index (Phi) is 10.1. The highest BCUT2D eigenvalue weighted by molar-refractivity contribution is 6.48. The summed E-state index contributed by atoms with van der Waals surface area (Å²) in [7, 11) is 0. The Labute approximate surface area is 236 Å². The van der Waals surface area contributed by atoms with Crippen LogP contribution in [0.15, 0.2) is 36.4 Å². The van der Waals surface area contributed by atoms with E-state index in [1.807, 2.05) is 0 Å². The summed E-state index contributed by atoms with van der Waals surface area (Å²) in [4.78, 5) is 23.6. The summed E-state index contributed by atoms with van der Waals surface area (Å²) in [5.74, 6) is -6.01. The summed E-state index contributed by atoms with van der Waals surface area (Å²) < 4.78 is 120. The fourth-order valence-corrected chi connectivity index (χ4v) is 3.90. The van der Waals surface area contributed by atoms with E-state index in [0.29, 0.717) is 18.2 Å². The lowest BCUT2D eigenvalue weighted by molar-refractivity contribution is -0.173. The van der Waals surface area contributed by atoms with E-state index in [2.05, 4.69) is 5.32 Å². The lowest BCUT2D eigenvalue weighted by Crippen LogP contribution is -2.53. The maximum absolute atomic E-state index is 13.8. The van der Waals surface area contributed by atoms with Crippen LogP contribution in [0, 0.1) is 0 Å². The molecule has 0 heterocycles. The summed E-state index contributed by atoms with van der Waals surface area (Å²) in [5, 5.41) is 2.87. The number of halogens is 12. The van der Waals surface area contributed by atoms with Gasteiger partial charge in [0.05, 0.1) is 37.7 Å². The van der Waals surface area contributed by atoms with Crippen LogP contribution in [0.5, 0.6) is 0 Å². The normalized spacial score (nSPS) is 13.8. The van der Waals surface area contributed by atoms with Gasteiger partial charge in [0.25, 0.3) is 5.91 Å². The van der Waals surface area contributed by atoms with Gasteiger partial charge in [-0.3, -0.25) is 9.59 Å². The zero-order chi connectivity index (χ0) is 30.8. The summed E-state index contributed by atoms with van der Waals surface area (Å²) in [6.07, 6.45) is -14.0. The molecule has 220 valence electrons. The third kappa shape index (κ3) is 8.93. The Bertz CT molecular complexity index is 1280. The van der Waals surface area contributed by atoms with E-state index in [9.17, 15) is 49.1 Å². The number of hydrogen-bond donors (Lipinski definition) is 2. The number of nitrogens with one attached hydrogen (secondary N) is 2. The number of allylic oxidation sites excluding steroid dienone is 1. The van der Waals surface area contributed by atoms with Crippen molar-refractivity contribution < 1.29 is 49.1 Å². The van der Waals surface area contributed by atoms with Gasteiger partial charge in [0.15, 0.2) is 0 Å². The van der Waals surface area contributed by atoms with Crippen LogP contribution in [0.25, 0.3) is 6.08 Å². The van der Waals surface area contributed by atoms with Crippen molar-refractivity contribution in [2.24, 2.45) is 0 Å². The fourth-order valence-electron chi connectivity index (χ4n) is 3.29. The van der Waals surface area contributed by atoms with Gasteiger partial charge in [-0.05, 0) is 49.2 Å². The maximum atomic E-state index is 13.8. The van der Waals surface area contributed by atoms with Crippen LogP contribution >= 0.6 is 34.8 Å². The molecule has 0 fully saturated rings. The summed E-state index contributed by atoms with van der Waals surface area (Å²) in [5.41, 5.74) is -4.90. The monoisotopic (exact) mass is 642 g/mol. The smallest absolute Gasteiger partial charge is 0.346 e. The molecule has 0 aliphatic rings. The fraction of sp³-hybridized carbons (Fsp3) is 0.333. The molecule has 2 rings (SSSR count). The van der Waals surface area contributed by atoms with Gasteiger partial charge in [0.1, 0.15) is 0 Å². The minimum atomic E-state index is -5.22. The zero-order valence-corrected chi connectivity index (χ0v) is 22.4. The number of carbonyl (C=O) groups is 2. The Morgan fingerprint density at radius 3 is 1.93 bits per heavy atom. The summed E-state index contributed by atoms with van der Waals surface area (Å²) >= 11 is 17.4. The van der Waals surface area contributed by atoms with Crippen molar-refractivity contribution in [3.8, 4) is 0 Å². The molecular formula is C24H18Cl3F9N2O2. The molecule has 40 heavy (non-hydrogen) atoms. The van der Waals surface area contributed by atoms with Crippen molar-refractivity contribution in [1.29, 1.82) is 0 Å². The molecular weight excluding hydrogens is 626 g/mol. The minimum absolute atomic E-state index is 0.188. The van der Waals surface area contributed by atoms with Gasteiger partial charge in [-0.15, -0.1) is 0 Å². The van der Waals surface area contributed by atoms with Crippen molar-refractivity contribution in [1.82, 2.24) is 10.6 Å². The Morgan fingerprint density at radius 1 is 0.900 bits per heavy atom. The average molecular weight is 644 g/mol. The first-order valence-corrected chi connectivity index (χ1v) is 11.9. The van der Waals surface area contributed by atoms with Crippen LogP contribution in [0.2, 0.25) is 15.1 Å². The van der Waals surface area contributed by atoms with E-state index >= 15 is 0 Å². The van der Waals surface area contributed by atoms with Crippen LogP contribution in [0.1, 0.15) is 46.8 Å². The molecule has 0 aliphatic carbocycles. The molecule has 4 nitrogen and oxygen atoms in total. The quantitative estimate of drug-likeness (QED) is 0.236. The van der Waals surface area contributed by atoms with Gasteiger partial charge >= 0.3 is 24.4 Å². The molecule has 2 N–H and O–H groups in total. The first kappa shape index (κ1) is 33.6. The van der Waals surface area contributed by atoms with Crippen LogP contribution in [-0.4, -0.2) is 36.3 Å². The largest absolute Gasteiger partial charge is 0.471 e. The van der Waals surface area contributed by atoms with Crippen LogP contribution in [0.4, 0.5) is 39.5 Å².